The van der Waals surface area contributed by atoms with Crippen molar-refractivity contribution in [3.8, 4) is 5.75 Å². The number of alkyl halides is 3. The molecule has 0 fully saturated rings. The number of urea groups is 1. The Bertz CT molecular complexity index is 1250. The van der Waals surface area contributed by atoms with Gasteiger partial charge in [-0.3, -0.25) is 0 Å². The molecule has 9 heteroatoms. The molecule has 1 heterocycles. The lowest BCUT2D eigenvalue weighted by Crippen LogP contribution is -2.40. The Kier molecular flexibility index (Phi) is 7.24. The Morgan fingerprint density at radius 3 is 2.46 bits per heavy atom. The Hall–Kier alpha value is -4.01. The zero-order valence-electron chi connectivity index (χ0n) is 19.0. The van der Waals surface area contributed by atoms with Gasteiger partial charge in [0.2, 0.25) is 0 Å². The molecule has 0 saturated carbocycles. The van der Waals surface area contributed by atoms with E-state index in [0.29, 0.717) is 12.2 Å². The summed E-state index contributed by atoms with van der Waals surface area (Å²) in [6.07, 6.45) is -3.94. The Morgan fingerprint density at radius 1 is 1.03 bits per heavy atom. The quantitative estimate of drug-likeness (QED) is 0.314. The van der Waals surface area contributed by atoms with E-state index in [9.17, 15) is 18.0 Å². The van der Waals surface area contributed by atoms with Gasteiger partial charge >= 0.3 is 12.2 Å². The molecule has 0 aliphatic carbocycles. The zero-order valence-corrected chi connectivity index (χ0v) is 19.0. The number of aromatic nitrogens is 2. The summed E-state index contributed by atoms with van der Waals surface area (Å²) < 4.78 is 44.9. The third kappa shape index (κ3) is 6.11. The molecule has 1 aromatic heterocycles. The average molecular weight is 483 g/mol. The monoisotopic (exact) mass is 482 g/mol. The van der Waals surface area contributed by atoms with E-state index in [4.69, 9.17) is 4.74 Å². The number of fused-ring (bicyclic) bond motifs is 1. The van der Waals surface area contributed by atoms with E-state index in [2.05, 4.69) is 20.6 Å². The molecular formula is C26H25F3N4O2. The minimum absolute atomic E-state index is 0.0499. The van der Waals surface area contributed by atoms with E-state index >= 15 is 0 Å². The van der Waals surface area contributed by atoms with Crippen molar-refractivity contribution >= 4 is 17.1 Å². The smallest absolute Gasteiger partial charge is 0.416 e. The van der Waals surface area contributed by atoms with Crippen molar-refractivity contribution in [2.24, 2.45) is 0 Å². The normalized spacial score (nSPS) is 12.3. The van der Waals surface area contributed by atoms with Crippen LogP contribution in [0.1, 0.15) is 28.6 Å². The van der Waals surface area contributed by atoms with Crippen LogP contribution in [0.15, 0.2) is 72.8 Å². The van der Waals surface area contributed by atoms with Crippen molar-refractivity contribution in [2.75, 3.05) is 13.7 Å². The Morgan fingerprint density at radius 2 is 1.74 bits per heavy atom. The molecule has 6 nitrogen and oxygen atoms in total. The van der Waals surface area contributed by atoms with Crippen molar-refractivity contribution in [1.29, 1.82) is 0 Å². The summed E-state index contributed by atoms with van der Waals surface area (Å²) in [4.78, 5) is 20.6. The molecule has 0 saturated heterocycles. The number of methoxy groups -OCH3 is 1. The maximum absolute atomic E-state index is 13.2. The standard InChI is InChI=1S/C26H25F3N4O2/c1-35-19-12-10-17(11-13-19)16-23(24-31-21-8-4-5-9-22(21)32-24)33-25(34)30-15-14-18-6-2-3-7-20(18)26(27,28)29/h2-13,23H,14-16H2,1H3,(H,31,32)(H2,30,33,34)/t23-/m1/s1. The third-order valence-electron chi connectivity index (χ3n) is 5.64. The molecule has 35 heavy (non-hydrogen) atoms. The number of benzene rings is 3. The van der Waals surface area contributed by atoms with Crippen LogP contribution in [0.3, 0.4) is 0 Å². The molecule has 0 aliphatic rings. The highest BCUT2D eigenvalue weighted by atomic mass is 19.4. The number of imidazole rings is 1. The highest BCUT2D eigenvalue weighted by Crippen LogP contribution is 2.32. The number of hydrogen-bond acceptors (Lipinski definition) is 3. The van der Waals surface area contributed by atoms with E-state index in [1.54, 1.807) is 13.2 Å². The van der Waals surface area contributed by atoms with Gasteiger partial charge in [-0.25, -0.2) is 9.78 Å². The van der Waals surface area contributed by atoms with Crippen molar-refractivity contribution < 1.29 is 22.7 Å². The van der Waals surface area contributed by atoms with E-state index in [-0.39, 0.29) is 18.5 Å². The first-order valence-electron chi connectivity index (χ1n) is 11.1. The molecule has 0 aliphatic heterocycles. The number of nitrogens with one attached hydrogen (secondary N) is 3. The molecule has 0 radical (unpaired) electrons. The van der Waals surface area contributed by atoms with Crippen LogP contribution in [-0.2, 0) is 19.0 Å². The highest BCUT2D eigenvalue weighted by molar-refractivity contribution is 5.76. The number of ether oxygens (including phenoxy) is 1. The maximum atomic E-state index is 13.2. The second-order valence-electron chi connectivity index (χ2n) is 8.05. The maximum Gasteiger partial charge on any atom is 0.416 e. The topological polar surface area (TPSA) is 79.0 Å². The molecule has 3 aromatic carbocycles. The number of H-pyrrole nitrogens is 1. The predicted octanol–water partition coefficient (Wildman–Crippen LogP) is 5.42. The summed E-state index contributed by atoms with van der Waals surface area (Å²) in [6.45, 7) is 0.0499. The highest BCUT2D eigenvalue weighted by Gasteiger charge is 2.32. The van der Waals surface area contributed by atoms with Crippen LogP contribution in [0.5, 0.6) is 5.75 Å². The summed E-state index contributed by atoms with van der Waals surface area (Å²) in [5.41, 5.74) is 2.01. The van der Waals surface area contributed by atoms with Gasteiger partial charge < -0.3 is 20.4 Å². The molecule has 4 aromatic rings. The zero-order chi connectivity index (χ0) is 24.8. The van der Waals surface area contributed by atoms with Crippen LogP contribution in [0.25, 0.3) is 11.0 Å². The second-order valence-corrected chi connectivity index (χ2v) is 8.05. The van der Waals surface area contributed by atoms with E-state index in [1.807, 2.05) is 48.5 Å². The summed E-state index contributed by atoms with van der Waals surface area (Å²) in [5, 5.41) is 5.57. The lowest BCUT2D eigenvalue weighted by Gasteiger charge is -2.18. The van der Waals surface area contributed by atoms with Crippen molar-refractivity contribution in [3.63, 3.8) is 0 Å². The number of carbonyl (C=O) groups excluding carboxylic acids is 1. The number of amides is 2. The molecule has 0 bridgehead atoms. The number of nitrogens with zero attached hydrogens (tertiary/aromatic N) is 1. The first-order chi connectivity index (χ1) is 16.8. The number of carbonyl (C=O) groups is 1. The Balaban J connectivity index is 1.46. The molecule has 0 unspecified atom stereocenters. The largest absolute Gasteiger partial charge is 0.497 e. The number of hydrogen-bond donors (Lipinski definition) is 3. The molecule has 182 valence electrons. The molecule has 3 N–H and O–H groups in total. The van der Waals surface area contributed by atoms with Crippen molar-refractivity contribution in [1.82, 2.24) is 20.6 Å². The van der Waals surface area contributed by atoms with Crippen LogP contribution in [0.4, 0.5) is 18.0 Å². The van der Waals surface area contributed by atoms with Crippen LogP contribution in [-0.4, -0.2) is 29.7 Å². The summed E-state index contributed by atoms with van der Waals surface area (Å²) in [6, 6.07) is 19.4. The van der Waals surface area contributed by atoms with Gasteiger partial charge in [0.1, 0.15) is 11.6 Å². The number of aromatic amines is 1. The molecule has 1 atom stereocenters. The lowest BCUT2D eigenvalue weighted by molar-refractivity contribution is -0.138. The van der Waals surface area contributed by atoms with Crippen LogP contribution in [0, 0.1) is 0 Å². The van der Waals surface area contributed by atoms with Crippen LogP contribution >= 0.6 is 0 Å². The second kappa shape index (κ2) is 10.5. The van der Waals surface area contributed by atoms with Gasteiger partial charge in [-0.05, 0) is 54.3 Å². The summed E-state index contributed by atoms with van der Waals surface area (Å²) >= 11 is 0. The van der Waals surface area contributed by atoms with Crippen molar-refractivity contribution in [2.45, 2.75) is 25.1 Å². The predicted molar refractivity (Wildman–Crippen MR) is 127 cm³/mol. The lowest BCUT2D eigenvalue weighted by atomic mass is 10.0. The molecule has 2 amide bonds. The molecule has 4 rings (SSSR count). The number of para-hydroxylation sites is 2. The van der Waals surface area contributed by atoms with Gasteiger partial charge in [0, 0.05) is 6.54 Å². The van der Waals surface area contributed by atoms with Gasteiger partial charge in [-0.2, -0.15) is 13.2 Å². The minimum Gasteiger partial charge on any atom is -0.497 e. The van der Waals surface area contributed by atoms with Gasteiger partial charge in [-0.1, -0.05) is 42.5 Å². The van der Waals surface area contributed by atoms with E-state index in [0.717, 1.165) is 28.4 Å². The number of rotatable bonds is 8. The number of halogens is 3. The fraction of sp³-hybridized carbons (Fsp3) is 0.231. The van der Waals surface area contributed by atoms with Crippen molar-refractivity contribution in [3.05, 3.63) is 95.3 Å². The summed E-state index contributed by atoms with van der Waals surface area (Å²) in [5.74, 6) is 1.30. The van der Waals surface area contributed by atoms with Gasteiger partial charge in [0.25, 0.3) is 0 Å². The molecular weight excluding hydrogens is 457 g/mol. The first kappa shape index (κ1) is 24.1. The van der Waals surface area contributed by atoms with E-state index in [1.165, 1.54) is 12.1 Å². The van der Waals surface area contributed by atoms with Gasteiger partial charge in [-0.15, -0.1) is 0 Å². The van der Waals surface area contributed by atoms with Gasteiger partial charge in [0.05, 0.1) is 29.7 Å². The van der Waals surface area contributed by atoms with Crippen LogP contribution in [0.2, 0.25) is 0 Å². The SMILES string of the molecule is COc1ccc(C[C@@H](NC(=O)NCCc2ccccc2C(F)(F)F)c2nc3ccccc3[nH]2)cc1. The summed E-state index contributed by atoms with van der Waals surface area (Å²) in [7, 11) is 1.59. The fourth-order valence-corrected chi connectivity index (χ4v) is 3.89. The average Bonchev–Trinajstić information content (AvgIpc) is 3.28. The third-order valence-corrected chi connectivity index (χ3v) is 5.64. The molecule has 0 spiro atoms. The Labute approximate surface area is 200 Å². The van der Waals surface area contributed by atoms with E-state index < -0.39 is 23.8 Å². The minimum atomic E-state index is -4.44. The van der Waals surface area contributed by atoms with Gasteiger partial charge in [0.15, 0.2) is 0 Å². The van der Waals surface area contributed by atoms with Crippen LogP contribution < -0.4 is 15.4 Å². The first-order valence-corrected chi connectivity index (χ1v) is 11.1. The fourth-order valence-electron chi connectivity index (χ4n) is 3.89.